The molecule has 2 saturated heterocycles. The van der Waals surface area contributed by atoms with Gasteiger partial charge in [-0.05, 0) is 31.9 Å². The standard InChI is InChI=1S/C13H18N2O3S2/c1-9-2-3-11(19-9)13-14-8-12(16)15(13)10-4-6-20(17,18)7-5-10/h2-3,10,13-14H,4-8H2,1H3. The fraction of sp³-hybridized carbons (Fsp3) is 0.615. The first-order valence-corrected chi connectivity index (χ1v) is 9.41. The summed E-state index contributed by atoms with van der Waals surface area (Å²) in [6.07, 6.45) is 1.01. The first-order chi connectivity index (χ1) is 9.46. The Labute approximate surface area is 122 Å². The number of nitrogens with zero attached hydrogens (tertiary/aromatic N) is 1. The summed E-state index contributed by atoms with van der Waals surface area (Å²) in [6.45, 7) is 2.38. The quantitative estimate of drug-likeness (QED) is 0.886. The van der Waals surface area contributed by atoms with Crippen LogP contribution in [0.3, 0.4) is 0 Å². The van der Waals surface area contributed by atoms with E-state index in [0.29, 0.717) is 19.4 Å². The number of hydrogen-bond donors (Lipinski definition) is 1. The summed E-state index contributed by atoms with van der Waals surface area (Å²) >= 11 is 1.68. The molecule has 0 bridgehead atoms. The SMILES string of the molecule is Cc1ccc(C2NCC(=O)N2C2CCS(=O)(=O)CC2)s1. The summed E-state index contributed by atoms with van der Waals surface area (Å²) in [5, 5.41) is 3.24. The molecular formula is C13H18N2O3S2. The number of carbonyl (C=O) groups is 1. The Bertz CT molecular complexity index is 609. The van der Waals surface area contributed by atoms with Crippen LogP contribution in [-0.4, -0.2) is 43.3 Å². The van der Waals surface area contributed by atoms with Crippen molar-refractivity contribution in [2.24, 2.45) is 0 Å². The number of amides is 1. The minimum absolute atomic E-state index is 0.0356. The van der Waals surface area contributed by atoms with Crippen molar-refractivity contribution in [1.82, 2.24) is 10.2 Å². The van der Waals surface area contributed by atoms with Gasteiger partial charge in [-0.3, -0.25) is 10.1 Å². The normalized spacial score (nSPS) is 27.1. The van der Waals surface area contributed by atoms with Gasteiger partial charge in [0.15, 0.2) is 0 Å². The van der Waals surface area contributed by atoms with Crippen molar-refractivity contribution >= 4 is 27.1 Å². The van der Waals surface area contributed by atoms with Crippen LogP contribution in [0.1, 0.15) is 28.8 Å². The number of hydrogen-bond acceptors (Lipinski definition) is 5. The molecule has 0 radical (unpaired) electrons. The van der Waals surface area contributed by atoms with Crippen molar-refractivity contribution in [1.29, 1.82) is 0 Å². The van der Waals surface area contributed by atoms with Gasteiger partial charge in [-0.2, -0.15) is 0 Å². The Balaban J connectivity index is 1.81. The Morgan fingerprint density at radius 3 is 2.60 bits per heavy atom. The average Bonchev–Trinajstić information content (AvgIpc) is 2.96. The van der Waals surface area contributed by atoms with E-state index in [-0.39, 0.29) is 29.6 Å². The molecular weight excluding hydrogens is 296 g/mol. The predicted molar refractivity (Wildman–Crippen MR) is 78.3 cm³/mol. The van der Waals surface area contributed by atoms with Gasteiger partial charge < -0.3 is 4.90 Å². The maximum absolute atomic E-state index is 12.1. The monoisotopic (exact) mass is 314 g/mol. The number of thiophene rings is 1. The molecule has 1 unspecified atom stereocenters. The van der Waals surface area contributed by atoms with Crippen molar-refractivity contribution < 1.29 is 13.2 Å². The van der Waals surface area contributed by atoms with Crippen LogP contribution in [0.15, 0.2) is 12.1 Å². The molecule has 3 heterocycles. The Kier molecular flexibility index (Phi) is 3.60. The number of nitrogens with one attached hydrogen (secondary N) is 1. The third kappa shape index (κ3) is 2.62. The van der Waals surface area contributed by atoms with Crippen LogP contribution in [0.4, 0.5) is 0 Å². The molecule has 1 amide bonds. The van der Waals surface area contributed by atoms with Crippen molar-refractivity contribution in [3.05, 3.63) is 21.9 Å². The molecule has 5 nitrogen and oxygen atoms in total. The molecule has 1 atom stereocenters. The van der Waals surface area contributed by atoms with Crippen molar-refractivity contribution in [3.63, 3.8) is 0 Å². The van der Waals surface area contributed by atoms with Crippen LogP contribution in [0.5, 0.6) is 0 Å². The summed E-state index contributed by atoms with van der Waals surface area (Å²) in [4.78, 5) is 16.3. The van der Waals surface area contributed by atoms with E-state index in [1.807, 2.05) is 24.0 Å². The summed E-state index contributed by atoms with van der Waals surface area (Å²) < 4.78 is 23.1. The molecule has 0 saturated carbocycles. The van der Waals surface area contributed by atoms with Gasteiger partial charge in [0, 0.05) is 15.8 Å². The second-order valence-corrected chi connectivity index (χ2v) is 9.04. The third-order valence-corrected chi connectivity index (χ3v) is 6.73. The minimum atomic E-state index is -2.90. The van der Waals surface area contributed by atoms with E-state index in [2.05, 4.69) is 5.32 Å². The van der Waals surface area contributed by atoms with Gasteiger partial charge >= 0.3 is 0 Å². The molecule has 0 spiro atoms. The zero-order chi connectivity index (χ0) is 14.3. The summed E-state index contributed by atoms with van der Waals surface area (Å²) in [7, 11) is -2.90. The topological polar surface area (TPSA) is 66.5 Å². The molecule has 2 aliphatic heterocycles. The molecule has 2 fully saturated rings. The number of sulfone groups is 1. The van der Waals surface area contributed by atoms with Crippen molar-refractivity contribution in [2.75, 3.05) is 18.1 Å². The molecule has 1 aromatic rings. The molecule has 1 aromatic heterocycles. The summed E-state index contributed by atoms with van der Waals surface area (Å²) in [5.74, 6) is 0.459. The van der Waals surface area contributed by atoms with Crippen molar-refractivity contribution in [2.45, 2.75) is 32.0 Å². The van der Waals surface area contributed by atoms with Crippen LogP contribution in [0.25, 0.3) is 0 Å². The zero-order valence-electron chi connectivity index (χ0n) is 11.3. The minimum Gasteiger partial charge on any atom is -0.318 e. The van der Waals surface area contributed by atoms with E-state index in [1.165, 1.54) is 4.88 Å². The lowest BCUT2D eigenvalue weighted by Gasteiger charge is -2.34. The van der Waals surface area contributed by atoms with E-state index in [9.17, 15) is 13.2 Å². The first-order valence-electron chi connectivity index (χ1n) is 6.77. The Hall–Kier alpha value is -0.920. The lowest BCUT2D eigenvalue weighted by Crippen LogP contribution is -2.44. The highest BCUT2D eigenvalue weighted by Crippen LogP contribution is 2.33. The van der Waals surface area contributed by atoms with Crippen molar-refractivity contribution in [3.8, 4) is 0 Å². The van der Waals surface area contributed by atoms with E-state index < -0.39 is 9.84 Å². The lowest BCUT2D eigenvalue weighted by atomic mass is 10.1. The lowest BCUT2D eigenvalue weighted by molar-refractivity contribution is -0.130. The number of rotatable bonds is 2. The second kappa shape index (κ2) is 5.13. The Morgan fingerprint density at radius 1 is 1.30 bits per heavy atom. The highest BCUT2D eigenvalue weighted by molar-refractivity contribution is 7.91. The van der Waals surface area contributed by atoms with E-state index in [1.54, 1.807) is 11.3 Å². The van der Waals surface area contributed by atoms with Gasteiger partial charge in [-0.25, -0.2) is 8.42 Å². The van der Waals surface area contributed by atoms with Crippen LogP contribution in [0.2, 0.25) is 0 Å². The maximum atomic E-state index is 12.1. The summed E-state index contributed by atoms with van der Waals surface area (Å²) in [5.41, 5.74) is 0. The van der Waals surface area contributed by atoms with Crippen LogP contribution < -0.4 is 5.32 Å². The molecule has 1 N–H and O–H groups in total. The van der Waals surface area contributed by atoms with E-state index in [4.69, 9.17) is 0 Å². The summed E-state index contributed by atoms with van der Waals surface area (Å²) in [6, 6.07) is 4.13. The Morgan fingerprint density at radius 2 is 2.00 bits per heavy atom. The average molecular weight is 314 g/mol. The predicted octanol–water partition coefficient (Wildman–Crippen LogP) is 1.06. The van der Waals surface area contributed by atoms with Gasteiger partial charge in [0.05, 0.1) is 18.1 Å². The highest BCUT2D eigenvalue weighted by Gasteiger charge is 2.39. The third-order valence-electron chi connectivity index (χ3n) is 3.96. The molecule has 7 heteroatoms. The highest BCUT2D eigenvalue weighted by atomic mass is 32.2. The maximum Gasteiger partial charge on any atom is 0.238 e. The molecule has 20 heavy (non-hydrogen) atoms. The second-order valence-electron chi connectivity index (χ2n) is 5.42. The number of carbonyl (C=O) groups excluding carboxylic acids is 1. The molecule has 2 aliphatic rings. The fourth-order valence-electron chi connectivity index (χ4n) is 2.93. The molecule has 0 aliphatic carbocycles. The largest absolute Gasteiger partial charge is 0.318 e. The van der Waals surface area contributed by atoms with Crippen LogP contribution in [-0.2, 0) is 14.6 Å². The van der Waals surface area contributed by atoms with E-state index >= 15 is 0 Å². The molecule has 110 valence electrons. The van der Waals surface area contributed by atoms with Gasteiger partial charge in [0.2, 0.25) is 5.91 Å². The van der Waals surface area contributed by atoms with Gasteiger partial charge in [-0.15, -0.1) is 11.3 Å². The van der Waals surface area contributed by atoms with E-state index in [0.717, 1.165) is 4.88 Å². The van der Waals surface area contributed by atoms with Crippen LogP contribution in [0, 0.1) is 6.92 Å². The van der Waals surface area contributed by atoms with Gasteiger partial charge in [-0.1, -0.05) is 0 Å². The van der Waals surface area contributed by atoms with Crippen LogP contribution >= 0.6 is 11.3 Å². The zero-order valence-corrected chi connectivity index (χ0v) is 13.0. The molecule has 0 aromatic carbocycles. The first kappa shape index (κ1) is 14.0. The van der Waals surface area contributed by atoms with Gasteiger partial charge in [0.25, 0.3) is 0 Å². The smallest absolute Gasteiger partial charge is 0.238 e. The van der Waals surface area contributed by atoms with Gasteiger partial charge in [0.1, 0.15) is 16.0 Å². The molecule has 3 rings (SSSR count). The number of aryl methyl sites for hydroxylation is 1. The fourth-order valence-corrected chi connectivity index (χ4v) is 5.34.